The lowest BCUT2D eigenvalue weighted by Gasteiger charge is -2.26. The van der Waals surface area contributed by atoms with Crippen LogP contribution < -0.4 is 5.32 Å². The predicted molar refractivity (Wildman–Crippen MR) is 75.0 cm³/mol. The highest BCUT2D eigenvalue weighted by atomic mass is 35.5. The van der Waals surface area contributed by atoms with Crippen LogP contribution >= 0.6 is 11.6 Å². The van der Waals surface area contributed by atoms with Crippen LogP contribution in [0.5, 0.6) is 0 Å². The molecular weight excluding hydrogens is 246 g/mol. The predicted octanol–water partition coefficient (Wildman–Crippen LogP) is 3.37. The third-order valence-electron chi connectivity index (χ3n) is 3.52. The average molecular weight is 266 g/mol. The van der Waals surface area contributed by atoms with E-state index in [0.717, 1.165) is 37.1 Å². The zero-order valence-corrected chi connectivity index (χ0v) is 11.5. The van der Waals surface area contributed by atoms with E-state index in [1.807, 2.05) is 12.1 Å². The molecule has 0 amide bonds. The maximum Gasteiger partial charge on any atom is 0.133 e. The van der Waals surface area contributed by atoms with E-state index in [4.69, 9.17) is 11.6 Å². The van der Waals surface area contributed by atoms with Crippen molar-refractivity contribution in [1.82, 2.24) is 5.32 Å². The van der Waals surface area contributed by atoms with Crippen LogP contribution in [0.2, 0.25) is 5.02 Å². The molecule has 0 aromatic heterocycles. The third kappa shape index (κ3) is 4.11. The maximum absolute atomic E-state index is 11.2. The molecule has 1 aromatic rings. The van der Waals surface area contributed by atoms with Crippen molar-refractivity contribution in [3.8, 4) is 0 Å². The van der Waals surface area contributed by atoms with Gasteiger partial charge in [-0.05, 0) is 43.9 Å². The Labute approximate surface area is 114 Å². The number of carbonyl (C=O) groups excluding carboxylic acids is 1. The first kappa shape index (κ1) is 13.6. The van der Waals surface area contributed by atoms with Gasteiger partial charge in [-0.15, -0.1) is 0 Å². The second-order valence-electron chi connectivity index (χ2n) is 5.21. The molecule has 1 N–H and O–H groups in total. The van der Waals surface area contributed by atoms with Crippen LogP contribution in [-0.2, 0) is 11.2 Å². The molecule has 0 aliphatic heterocycles. The SMILES string of the molecule is CC(Cc1ccc(Cl)cc1)NC1CCC(=O)CC1. The average Bonchev–Trinajstić information content (AvgIpc) is 2.35. The fourth-order valence-corrected chi connectivity index (χ4v) is 2.67. The standard InChI is InChI=1S/C15H20ClNO/c1-11(10-12-2-4-13(16)5-3-12)17-14-6-8-15(18)9-7-14/h2-5,11,14,17H,6-10H2,1H3. The fraction of sp³-hybridized carbons (Fsp3) is 0.533. The topological polar surface area (TPSA) is 29.1 Å². The number of benzene rings is 1. The van der Waals surface area contributed by atoms with Gasteiger partial charge in [-0.2, -0.15) is 0 Å². The van der Waals surface area contributed by atoms with Crippen LogP contribution in [0.3, 0.4) is 0 Å². The normalized spacial score (nSPS) is 18.9. The molecular formula is C15H20ClNO. The van der Waals surface area contributed by atoms with Gasteiger partial charge < -0.3 is 5.32 Å². The Morgan fingerprint density at radius 1 is 1.28 bits per heavy atom. The van der Waals surface area contributed by atoms with Crippen molar-refractivity contribution in [2.45, 2.75) is 51.1 Å². The number of hydrogen-bond donors (Lipinski definition) is 1. The molecule has 0 radical (unpaired) electrons. The van der Waals surface area contributed by atoms with Gasteiger partial charge in [-0.25, -0.2) is 0 Å². The molecule has 3 heteroatoms. The highest BCUT2D eigenvalue weighted by Crippen LogP contribution is 2.16. The summed E-state index contributed by atoms with van der Waals surface area (Å²) in [5.41, 5.74) is 1.30. The number of hydrogen-bond acceptors (Lipinski definition) is 2. The van der Waals surface area contributed by atoms with E-state index in [1.54, 1.807) is 0 Å². The molecule has 1 unspecified atom stereocenters. The molecule has 0 bridgehead atoms. The fourth-order valence-electron chi connectivity index (χ4n) is 2.54. The van der Waals surface area contributed by atoms with E-state index < -0.39 is 0 Å². The smallest absolute Gasteiger partial charge is 0.133 e. The summed E-state index contributed by atoms with van der Waals surface area (Å²) in [4.78, 5) is 11.2. The molecule has 1 saturated carbocycles. The molecule has 1 aliphatic carbocycles. The Bertz CT molecular complexity index is 391. The van der Waals surface area contributed by atoms with Gasteiger partial charge in [0, 0.05) is 29.9 Å². The minimum Gasteiger partial charge on any atom is -0.311 e. The maximum atomic E-state index is 11.2. The van der Waals surface area contributed by atoms with Crippen LogP contribution in [0.25, 0.3) is 0 Å². The molecule has 1 atom stereocenters. The van der Waals surface area contributed by atoms with Crippen molar-refractivity contribution >= 4 is 17.4 Å². The Morgan fingerprint density at radius 3 is 2.50 bits per heavy atom. The van der Waals surface area contributed by atoms with Gasteiger partial charge in [0.05, 0.1) is 0 Å². The molecule has 0 saturated heterocycles. The summed E-state index contributed by atoms with van der Waals surface area (Å²) in [5, 5.41) is 4.40. The second-order valence-corrected chi connectivity index (χ2v) is 5.65. The van der Waals surface area contributed by atoms with Gasteiger partial charge in [-0.3, -0.25) is 4.79 Å². The van der Waals surface area contributed by atoms with Gasteiger partial charge >= 0.3 is 0 Å². The van der Waals surface area contributed by atoms with Gasteiger partial charge in [0.1, 0.15) is 5.78 Å². The van der Waals surface area contributed by atoms with Crippen LogP contribution in [0.15, 0.2) is 24.3 Å². The molecule has 1 aliphatic rings. The lowest BCUT2D eigenvalue weighted by Crippen LogP contribution is -2.40. The van der Waals surface area contributed by atoms with E-state index in [2.05, 4.69) is 24.4 Å². The summed E-state index contributed by atoms with van der Waals surface area (Å²) in [7, 11) is 0. The molecule has 0 spiro atoms. The largest absolute Gasteiger partial charge is 0.311 e. The van der Waals surface area contributed by atoms with Crippen molar-refractivity contribution in [1.29, 1.82) is 0 Å². The van der Waals surface area contributed by atoms with Gasteiger partial charge in [0.15, 0.2) is 0 Å². The van der Waals surface area contributed by atoms with Gasteiger partial charge in [0.2, 0.25) is 0 Å². The zero-order chi connectivity index (χ0) is 13.0. The molecule has 2 rings (SSSR count). The van der Waals surface area contributed by atoms with E-state index >= 15 is 0 Å². The van der Waals surface area contributed by atoms with E-state index in [0.29, 0.717) is 17.9 Å². The number of rotatable bonds is 4. The van der Waals surface area contributed by atoms with Crippen LogP contribution in [0.1, 0.15) is 38.2 Å². The van der Waals surface area contributed by atoms with Crippen molar-refractivity contribution in [2.75, 3.05) is 0 Å². The highest BCUT2D eigenvalue weighted by molar-refractivity contribution is 6.30. The van der Waals surface area contributed by atoms with Gasteiger partial charge in [0.25, 0.3) is 0 Å². The number of nitrogens with one attached hydrogen (secondary N) is 1. The van der Waals surface area contributed by atoms with E-state index in [9.17, 15) is 4.79 Å². The van der Waals surface area contributed by atoms with Crippen molar-refractivity contribution in [3.63, 3.8) is 0 Å². The minimum atomic E-state index is 0.415. The van der Waals surface area contributed by atoms with E-state index in [1.165, 1.54) is 5.56 Å². The van der Waals surface area contributed by atoms with Crippen LogP contribution in [0, 0.1) is 0 Å². The second kappa shape index (κ2) is 6.35. The Kier molecular flexibility index (Phi) is 4.79. The van der Waals surface area contributed by atoms with Crippen molar-refractivity contribution < 1.29 is 4.79 Å². The molecule has 98 valence electrons. The molecule has 18 heavy (non-hydrogen) atoms. The summed E-state index contributed by atoms with van der Waals surface area (Å²) >= 11 is 5.87. The Morgan fingerprint density at radius 2 is 1.89 bits per heavy atom. The van der Waals surface area contributed by atoms with E-state index in [-0.39, 0.29) is 0 Å². The molecule has 0 heterocycles. The molecule has 1 aromatic carbocycles. The first-order chi connectivity index (χ1) is 8.63. The van der Waals surface area contributed by atoms with Crippen molar-refractivity contribution in [3.05, 3.63) is 34.9 Å². The lowest BCUT2D eigenvalue weighted by molar-refractivity contribution is -0.120. The molecule has 2 nitrogen and oxygen atoms in total. The summed E-state index contributed by atoms with van der Waals surface area (Å²) in [6.07, 6.45) is 4.46. The summed E-state index contributed by atoms with van der Waals surface area (Å²) < 4.78 is 0. The number of halogens is 1. The summed E-state index contributed by atoms with van der Waals surface area (Å²) in [6, 6.07) is 8.95. The highest BCUT2D eigenvalue weighted by Gasteiger charge is 2.19. The van der Waals surface area contributed by atoms with Crippen molar-refractivity contribution in [2.24, 2.45) is 0 Å². The van der Waals surface area contributed by atoms with Gasteiger partial charge in [-0.1, -0.05) is 23.7 Å². The summed E-state index contributed by atoms with van der Waals surface area (Å²) in [5.74, 6) is 0.415. The Hall–Kier alpha value is -0.860. The third-order valence-corrected chi connectivity index (χ3v) is 3.77. The number of carbonyl (C=O) groups is 1. The summed E-state index contributed by atoms with van der Waals surface area (Å²) in [6.45, 7) is 2.20. The number of Topliss-reactive ketones (excluding diaryl/α,β-unsaturated/α-hetero) is 1. The minimum absolute atomic E-state index is 0.415. The monoisotopic (exact) mass is 265 g/mol. The number of ketones is 1. The van der Waals surface area contributed by atoms with Crippen LogP contribution in [-0.4, -0.2) is 17.9 Å². The zero-order valence-electron chi connectivity index (χ0n) is 10.8. The lowest BCUT2D eigenvalue weighted by atomic mass is 9.93. The first-order valence-electron chi connectivity index (χ1n) is 6.65. The molecule has 1 fully saturated rings. The van der Waals surface area contributed by atoms with Crippen LogP contribution in [0.4, 0.5) is 0 Å². The quantitative estimate of drug-likeness (QED) is 0.904. The Balaban J connectivity index is 1.79. The first-order valence-corrected chi connectivity index (χ1v) is 7.03.